The predicted octanol–water partition coefficient (Wildman–Crippen LogP) is 5.41. The smallest absolute Gasteiger partial charge is 0.232 e. The van der Waals surface area contributed by atoms with Gasteiger partial charge in [-0.25, -0.2) is 8.42 Å². The van der Waals surface area contributed by atoms with Gasteiger partial charge in [-0.3, -0.25) is 4.31 Å². The number of fused-ring (bicyclic) bond motifs is 3. The van der Waals surface area contributed by atoms with Crippen LogP contribution in [0.4, 0.5) is 5.69 Å². The molecule has 1 heterocycles. The number of rotatable bonds is 11. The molecule has 5 rings (SSSR count). The standard InChI is InChI=1S/C30H31N3O4S.ClH/c1-38(35,36)33(21-22-8-3-2-4-9-22)24-11-7-10-23(18-24)30(34)20-31-16-17-37-25-14-15-27-26-12-5-6-13-28(26)32-29(27)19-25;/h2-15,18-19,30-32,34H,16-17,20-21H2,1H3;1H/t30-;/m0./s1. The van der Waals surface area contributed by atoms with Gasteiger partial charge in [-0.2, -0.15) is 0 Å². The summed E-state index contributed by atoms with van der Waals surface area (Å²) >= 11 is 0. The second kappa shape index (κ2) is 12.5. The van der Waals surface area contributed by atoms with Crippen LogP contribution in [0, 0.1) is 0 Å². The van der Waals surface area contributed by atoms with Gasteiger partial charge in [-0.1, -0.05) is 60.7 Å². The lowest BCUT2D eigenvalue weighted by molar-refractivity contribution is 0.172. The molecule has 1 aromatic heterocycles. The summed E-state index contributed by atoms with van der Waals surface area (Å²) in [5.41, 5.74) is 4.17. The molecule has 0 radical (unpaired) electrons. The predicted molar refractivity (Wildman–Crippen MR) is 160 cm³/mol. The Kier molecular flexibility index (Phi) is 9.14. The molecule has 39 heavy (non-hydrogen) atoms. The van der Waals surface area contributed by atoms with E-state index in [-0.39, 0.29) is 19.0 Å². The van der Waals surface area contributed by atoms with E-state index < -0.39 is 16.1 Å². The summed E-state index contributed by atoms with van der Waals surface area (Å²) in [5.74, 6) is 0.776. The molecule has 204 valence electrons. The maximum atomic E-state index is 12.5. The van der Waals surface area contributed by atoms with Crippen molar-refractivity contribution in [3.8, 4) is 5.75 Å². The van der Waals surface area contributed by atoms with E-state index in [2.05, 4.69) is 28.5 Å². The summed E-state index contributed by atoms with van der Waals surface area (Å²) in [5, 5.41) is 16.3. The van der Waals surface area contributed by atoms with Crippen molar-refractivity contribution in [2.24, 2.45) is 0 Å². The first kappa shape index (κ1) is 28.4. The highest BCUT2D eigenvalue weighted by Gasteiger charge is 2.19. The zero-order valence-electron chi connectivity index (χ0n) is 21.6. The van der Waals surface area contributed by atoms with Crippen molar-refractivity contribution in [3.63, 3.8) is 0 Å². The van der Waals surface area contributed by atoms with E-state index in [0.29, 0.717) is 30.9 Å². The number of halogens is 1. The summed E-state index contributed by atoms with van der Waals surface area (Å²) < 4.78 is 32.3. The number of nitrogens with zero attached hydrogens (tertiary/aromatic N) is 1. The van der Waals surface area contributed by atoms with Crippen molar-refractivity contribution in [1.29, 1.82) is 0 Å². The quantitative estimate of drug-likeness (QED) is 0.186. The minimum atomic E-state index is -3.51. The van der Waals surface area contributed by atoms with Crippen LogP contribution in [-0.2, 0) is 16.6 Å². The average Bonchev–Trinajstić information content (AvgIpc) is 3.29. The van der Waals surface area contributed by atoms with E-state index >= 15 is 0 Å². The number of aliphatic hydroxyl groups is 1. The molecule has 0 spiro atoms. The van der Waals surface area contributed by atoms with Crippen LogP contribution in [0.5, 0.6) is 5.75 Å². The minimum Gasteiger partial charge on any atom is -0.492 e. The SMILES string of the molecule is CS(=O)(=O)N(Cc1ccccc1)c1cccc([C@@H](O)CNCCOc2ccc3c(c2)[nH]c2ccccc23)c1.Cl. The normalized spacial score (nSPS) is 12.3. The van der Waals surface area contributed by atoms with E-state index in [4.69, 9.17) is 4.74 Å². The molecule has 0 amide bonds. The molecule has 0 saturated carbocycles. The lowest BCUT2D eigenvalue weighted by Crippen LogP contribution is -2.29. The Labute approximate surface area is 234 Å². The number of aromatic amines is 1. The Morgan fingerprint density at radius 3 is 2.44 bits per heavy atom. The first-order valence-corrected chi connectivity index (χ1v) is 14.4. The van der Waals surface area contributed by atoms with Crippen molar-refractivity contribution in [2.75, 3.05) is 30.3 Å². The Morgan fingerprint density at radius 1 is 0.897 bits per heavy atom. The van der Waals surface area contributed by atoms with Crippen LogP contribution in [0.1, 0.15) is 17.2 Å². The fourth-order valence-electron chi connectivity index (χ4n) is 4.56. The largest absolute Gasteiger partial charge is 0.492 e. The number of aromatic nitrogens is 1. The van der Waals surface area contributed by atoms with E-state index in [1.807, 2.05) is 54.6 Å². The van der Waals surface area contributed by atoms with Crippen LogP contribution < -0.4 is 14.4 Å². The highest BCUT2D eigenvalue weighted by molar-refractivity contribution is 7.92. The van der Waals surface area contributed by atoms with E-state index in [1.165, 1.54) is 15.9 Å². The topological polar surface area (TPSA) is 94.7 Å². The molecule has 0 saturated heterocycles. The third-order valence-corrected chi connectivity index (χ3v) is 7.62. The molecule has 5 aromatic rings. The first-order valence-electron chi connectivity index (χ1n) is 12.5. The lowest BCUT2D eigenvalue weighted by atomic mass is 10.1. The van der Waals surface area contributed by atoms with Crippen LogP contribution in [-0.4, -0.2) is 44.5 Å². The van der Waals surface area contributed by atoms with Gasteiger partial charge in [0.2, 0.25) is 10.0 Å². The molecular formula is C30H32ClN3O4S. The monoisotopic (exact) mass is 565 g/mol. The first-order chi connectivity index (χ1) is 18.4. The van der Waals surface area contributed by atoms with Gasteiger partial charge in [0.25, 0.3) is 0 Å². The molecule has 0 bridgehead atoms. The zero-order chi connectivity index (χ0) is 26.5. The van der Waals surface area contributed by atoms with Gasteiger partial charge < -0.3 is 20.1 Å². The molecule has 0 aliphatic rings. The van der Waals surface area contributed by atoms with Crippen LogP contribution in [0.2, 0.25) is 0 Å². The molecule has 1 atom stereocenters. The summed E-state index contributed by atoms with van der Waals surface area (Å²) in [4.78, 5) is 3.42. The van der Waals surface area contributed by atoms with Gasteiger partial charge >= 0.3 is 0 Å². The van der Waals surface area contributed by atoms with Crippen LogP contribution >= 0.6 is 12.4 Å². The number of para-hydroxylation sites is 1. The van der Waals surface area contributed by atoms with Gasteiger partial charge in [0.15, 0.2) is 0 Å². The van der Waals surface area contributed by atoms with E-state index in [0.717, 1.165) is 27.7 Å². The van der Waals surface area contributed by atoms with Gasteiger partial charge in [0.05, 0.1) is 30.1 Å². The van der Waals surface area contributed by atoms with Crippen molar-refractivity contribution < 1.29 is 18.3 Å². The van der Waals surface area contributed by atoms with Crippen molar-refractivity contribution in [3.05, 3.63) is 108 Å². The third-order valence-electron chi connectivity index (χ3n) is 6.48. The highest BCUT2D eigenvalue weighted by atomic mass is 35.5. The maximum Gasteiger partial charge on any atom is 0.232 e. The molecule has 7 nitrogen and oxygen atoms in total. The number of hydrogen-bond acceptors (Lipinski definition) is 5. The van der Waals surface area contributed by atoms with Crippen molar-refractivity contribution in [2.45, 2.75) is 12.6 Å². The number of H-pyrrole nitrogens is 1. The molecule has 9 heteroatoms. The Balaban J connectivity index is 0.00000353. The molecule has 4 aromatic carbocycles. The van der Waals surface area contributed by atoms with Crippen molar-refractivity contribution >= 4 is 49.9 Å². The summed E-state index contributed by atoms with van der Waals surface area (Å²) in [6.07, 6.45) is 0.395. The lowest BCUT2D eigenvalue weighted by Gasteiger charge is -2.24. The van der Waals surface area contributed by atoms with E-state index in [1.54, 1.807) is 24.3 Å². The average molecular weight is 566 g/mol. The summed E-state index contributed by atoms with van der Waals surface area (Å²) in [6.45, 7) is 1.52. The van der Waals surface area contributed by atoms with E-state index in [9.17, 15) is 13.5 Å². The molecule has 0 aliphatic carbocycles. The molecule has 0 aliphatic heterocycles. The maximum absolute atomic E-state index is 12.5. The number of sulfonamides is 1. The van der Waals surface area contributed by atoms with Crippen molar-refractivity contribution in [1.82, 2.24) is 10.3 Å². The molecular weight excluding hydrogens is 534 g/mol. The van der Waals surface area contributed by atoms with Gasteiger partial charge in [-0.15, -0.1) is 12.4 Å². The number of nitrogens with one attached hydrogen (secondary N) is 2. The molecule has 3 N–H and O–H groups in total. The number of aliphatic hydroxyl groups excluding tert-OH is 1. The fourth-order valence-corrected chi connectivity index (χ4v) is 5.44. The van der Waals surface area contributed by atoms with Crippen LogP contribution in [0.25, 0.3) is 21.8 Å². The number of ether oxygens (including phenoxy) is 1. The fraction of sp³-hybridized carbons (Fsp3) is 0.200. The molecule has 0 unspecified atom stereocenters. The van der Waals surface area contributed by atoms with Crippen LogP contribution in [0.15, 0.2) is 97.1 Å². The second-order valence-electron chi connectivity index (χ2n) is 9.30. The molecule has 0 fully saturated rings. The Bertz CT molecular complexity index is 1640. The summed E-state index contributed by atoms with van der Waals surface area (Å²) in [6, 6.07) is 30.7. The minimum absolute atomic E-state index is 0. The van der Waals surface area contributed by atoms with Gasteiger partial charge in [-0.05, 0) is 41.5 Å². The zero-order valence-corrected chi connectivity index (χ0v) is 23.2. The van der Waals surface area contributed by atoms with Crippen LogP contribution in [0.3, 0.4) is 0 Å². The third kappa shape index (κ3) is 6.91. The summed E-state index contributed by atoms with van der Waals surface area (Å²) in [7, 11) is -3.51. The highest BCUT2D eigenvalue weighted by Crippen LogP contribution is 2.28. The second-order valence-corrected chi connectivity index (χ2v) is 11.2. The number of benzene rings is 4. The van der Waals surface area contributed by atoms with Gasteiger partial charge in [0, 0.05) is 35.4 Å². The Hall–Kier alpha value is -3.56. The Morgan fingerprint density at radius 2 is 1.64 bits per heavy atom. The number of anilines is 1. The van der Waals surface area contributed by atoms with Gasteiger partial charge in [0.1, 0.15) is 12.4 Å². The number of hydrogen-bond donors (Lipinski definition) is 3.